The van der Waals surface area contributed by atoms with Crippen LogP contribution in [-0.4, -0.2) is 48.6 Å². The molecule has 1 aliphatic heterocycles. The predicted molar refractivity (Wildman–Crippen MR) is 89.8 cm³/mol. The fourth-order valence-corrected chi connectivity index (χ4v) is 5.50. The van der Waals surface area contributed by atoms with Crippen molar-refractivity contribution in [2.75, 3.05) is 19.6 Å². The molecule has 1 aromatic heterocycles. The predicted octanol–water partition coefficient (Wildman–Crippen LogP) is 1.96. The van der Waals surface area contributed by atoms with E-state index in [4.69, 9.17) is 0 Å². The van der Waals surface area contributed by atoms with E-state index in [2.05, 4.69) is 22.4 Å². The average Bonchev–Trinajstić information content (AvgIpc) is 2.83. The molecule has 0 spiro atoms. The quantitative estimate of drug-likeness (QED) is 0.859. The molecular weight excluding hydrogens is 312 g/mol. The molecule has 0 radical (unpaired) electrons. The highest BCUT2D eigenvalue weighted by Gasteiger charge is 2.35. The van der Waals surface area contributed by atoms with Crippen LogP contribution in [0.1, 0.15) is 50.4 Å². The van der Waals surface area contributed by atoms with Gasteiger partial charge < -0.3 is 5.32 Å². The second-order valence-electron chi connectivity index (χ2n) is 7.49. The molecule has 130 valence electrons. The number of aromatic nitrogens is 2. The first-order chi connectivity index (χ1) is 10.8. The second-order valence-corrected chi connectivity index (χ2v) is 9.36. The maximum absolute atomic E-state index is 12.8. The number of nitrogens with one attached hydrogen (secondary N) is 2. The number of sulfonamides is 1. The van der Waals surface area contributed by atoms with E-state index in [-0.39, 0.29) is 0 Å². The largest absolute Gasteiger partial charge is 0.313 e. The van der Waals surface area contributed by atoms with E-state index >= 15 is 0 Å². The van der Waals surface area contributed by atoms with Gasteiger partial charge in [-0.25, -0.2) is 8.42 Å². The molecule has 2 N–H and O–H groups in total. The van der Waals surface area contributed by atoms with Crippen molar-refractivity contribution in [3.63, 3.8) is 0 Å². The molecule has 0 amide bonds. The van der Waals surface area contributed by atoms with Crippen molar-refractivity contribution in [2.45, 2.75) is 63.8 Å². The number of H-pyrrole nitrogens is 1. The van der Waals surface area contributed by atoms with Crippen molar-refractivity contribution >= 4 is 10.0 Å². The average molecular weight is 340 g/mol. The lowest BCUT2D eigenvalue weighted by atomic mass is 9.70. The summed E-state index contributed by atoms with van der Waals surface area (Å²) in [5.41, 5.74) is 1.65. The van der Waals surface area contributed by atoms with Gasteiger partial charge >= 0.3 is 0 Å². The van der Waals surface area contributed by atoms with E-state index in [0.29, 0.717) is 40.8 Å². The Balaban J connectivity index is 1.58. The SMILES string of the molecule is Cc1n[nH]c(C)c1S(=O)(=O)N1CCC(NCC2(C)CCC2)CC1. The Morgan fingerprint density at radius 1 is 1.30 bits per heavy atom. The number of aromatic amines is 1. The van der Waals surface area contributed by atoms with E-state index in [1.165, 1.54) is 19.3 Å². The summed E-state index contributed by atoms with van der Waals surface area (Å²) in [4.78, 5) is 0.353. The van der Waals surface area contributed by atoms with Crippen LogP contribution in [0.25, 0.3) is 0 Å². The Bertz CT molecular complexity index is 636. The molecule has 23 heavy (non-hydrogen) atoms. The molecule has 0 unspecified atom stereocenters. The molecule has 0 aromatic carbocycles. The van der Waals surface area contributed by atoms with Gasteiger partial charge in [0, 0.05) is 25.7 Å². The van der Waals surface area contributed by atoms with E-state index in [1.54, 1.807) is 18.2 Å². The summed E-state index contributed by atoms with van der Waals surface area (Å²) in [6.45, 7) is 8.07. The standard InChI is InChI=1S/C16H28N4O2S/c1-12-15(13(2)19-18-12)23(21,22)20-9-5-14(6-10-20)17-11-16(3)7-4-8-16/h14,17H,4-11H2,1-3H3,(H,18,19). The fraction of sp³-hybridized carbons (Fsp3) is 0.812. The summed E-state index contributed by atoms with van der Waals surface area (Å²) in [7, 11) is -3.43. The lowest BCUT2D eigenvalue weighted by Gasteiger charge is -2.41. The van der Waals surface area contributed by atoms with Crippen LogP contribution in [0.15, 0.2) is 4.90 Å². The summed E-state index contributed by atoms with van der Waals surface area (Å²) in [5, 5.41) is 10.4. The van der Waals surface area contributed by atoms with Crippen LogP contribution in [0.3, 0.4) is 0 Å². The summed E-state index contributed by atoms with van der Waals surface area (Å²) in [6, 6.07) is 0.436. The Morgan fingerprint density at radius 3 is 2.43 bits per heavy atom. The molecule has 2 fully saturated rings. The van der Waals surface area contributed by atoms with Crippen molar-refractivity contribution in [1.82, 2.24) is 19.8 Å². The van der Waals surface area contributed by atoms with Crippen molar-refractivity contribution in [3.05, 3.63) is 11.4 Å². The van der Waals surface area contributed by atoms with E-state index in [9.17, 15) is 8.42 Å². The van der Waals surface area contributed by atoms with E-state index < -0.39 is 10.0 Å². The summed E-state index contributed by atoms with van der Waals surface area (Å²) in [5.74, 6) is 0. The van der Waals surface area contributed by atoms with Gasteiger partial charge in [-0.2, -0.15) is 9.40 Å². The monoisotopic (exact) mass is 340 g/mol. The highest BCUT2D eigenvalue weighted by molar-refractivity contribution is 7.89. The maximum Gasteiger partial charge on any atom is 0.246 e. The molecule has 7 heteroatoms. The zero-order valence-corrected chi connectivity index (χ0v) is 15.2. The molecule has 1 saturated heterocycles. The summed E-state index contributed by atoms with van der Waals surface area (Å²) >= 11 is 0. The first-order valence-electron chi connectivity index (χ1n) is 8.57. The Labute approximate surface area is 139 Å². The summed E-state index contributed by atoms with van der Waals surface area (Å²) in [6.07, 6.45) is 5.73. The van der Waals surface area contributed by atoms with Crippen molar-refractivity contribution in [1.29, 1.82) is 0 Å². The molecule has 1 aliphatic carbocycles. The molecule has 1 aromatic rings. The molecule has 0 bridgehead atoms. The number of hydrogen-bond donors (Lipinski definition) is 2. The zero-order valence-electron chi connectivity index (χ0n) is 14.4. The van der Waals surface area contributed by atoms with Crippen molar-refractivity contribution < 1.29 is 8.42 Å². The highest BCUT2D eigenvalue weighted by Crippen LogP contribution is 2.39. The second kappa shape index (κ2) is 6.18. The molecule has 2 heterocycles. The molecule has 0 atom stereocenters. The normalized spacial score (nSPS) is 22.9. The van der Waals surface area contributed by atoms with Gasteiger partial charge in [0.1, 0.15) is 4.90 Å². The molecule has 3 rings (SSSR count). The summed E-state index contributed by atoms with van der Waals surface area (Å²) < 4.78 is 27.2. The minimum Gasteiger partial charge on any atom is -0.313 e. The van der Waals surface area contributed by atoms with Gasteiger partial charge in [0.2, 0.25) is 10.0 Å². The van der Waals surface area contributed by atoms with Gasteiger partial charge in [-0.05, 0) is 44.9 Å². The Kier molecular flexibility index (Phi) is 4.55. The third-order valence-electron chi connectivity index (χ3n) is 5.49. The molecule has 2 aliphatic rings. The van der Waals surface area contributed by atoms with Crippen LogP contribution in [0.5, 0.6) is 0 Å². The van der Waals surface area contributed by atoms with Crippen LogP contribution >= 0.6 is 0 Å². The van der Waals surface area contributed by atoms with Gasteiger partial charge in [0.05, 0.1) is 11.4 Å². The van der Waals surface area contributed by atoms with Gasteiger partial charge in [0.15, 0.2) is 0 Å². The number of hydrogen-bond acceptors (Lipinski definition) is 4. The van der Waals surface area contributed by atoms with Gasteiger partial charge in [0.25, 0.3) is 0 Å². The smallest absolute Gasteiger partial charge is 0.246 e. The Hall–Kier alpha value is -0.920. The zero-order chi connectivity index (χ0) is 16.7. The maximum atomic E-state index is 12.8. The lowest BCUT2D eigenvalue weighted by molar-refractivity contribution is 0.143. The fourth-order valence-electron chi connectivity index (χ4n) is 3.70. The van der Waals surface area contributed by atoms with Gasteiger partial charge in [-0.1, -0.05) is 13.3 Å². The molecular formula is C16H28N4O2S. The molecule has 1 saturated carbocycles. The lowest BCUT2D eigenvalue weighted by Crippen LogP contribution is -2.48. The van der Waals surface area contributed by atoms with Crippen LogP contribution in [0, 0.1) is 19.3 Å². The van der Waals surface area contributed by atoms with Gasteiger partial charge in [-0.3, -0.25) is 5.10 Å². The van der Waals surface area contributed by atoms with E-state index in [0.717, 1.165) is 19.4 Å². The topological polar surface area (TPSA) is 78.1 Å². The third kappa shape index (κ3) is 3.32. The number of rotatable bonds is 5. The first-order valence-corrected chi connectivity index (χ1v) is 10.0. The first kappa shape index (κ1) is 16.9. The van der Waals surface area contributed by atoms with Crippen LogP contribution in [0.4, 0.5) is 0 Å². The highest BCUT2D eigenvalue weighted by atomic mass is 32.2. The van der Waals surface area contributed by atoms with Crippen LogP contribution in [-0.2, 0) is 10.0 Å². The van der Waals surface area contributed by atoms with Crippen LogP contribution in [0.2, 0.25) is 0 Å². The Morgan fingerprint density at radius 2 is 1.96 bits per heavy atom. The molecule has 6 nitrogen and oxygen atoms in total. The van der Waals surface area contributed by atoms with E-state index in [1.807, 2.05) is 0 Å². The number of aryl methyl sites for hydroxylation is 2. The van der Waals surface area contributed by atoms with Gasteiger partial charge in [-0.15, -0.1) is 0 Å². The van der Waals surface area contributed by atoms with Crippen LogP contribution < -0.4 is 5.32 Å². The minimum atomic E-state index is -3.43. The number of nitrogens with zero attached hydrogens (tertiary/aromatic N) is 2. The third-order valence-corrected chi connectivity index (χ3v) is 7.65. The minimum absolute atomic E-state index is 0.353. The van der Waals surface area contributed by atoms with Crippen molar-refractivity contribution in [2.24, 2.45) is 5.41 Å². The number of piperidine rings is 1. The van der Waals surface area contributed by atoms with Crippen molar-refractivity contribution in [3.8, 4) is 0 Å².